The number of carbonyl (C=O) groups is 2. The number of amides is 1. The minimum atomic E-state index is -0.706. The molecule has 3 rings (SSSR count). The van der Waals surface area contributed by atoms with Gasteiger partial charge in [0.15, 0.2) is 0 Å². The maximum Gasteiger partial charge on any atom is 0.415 e. The van der Waals surface area contributed by atoms with Gasteiger partial charge in [0.05, 0.1) is 5.69 Å². The molecule has 0 radical (unpaired) electrons. The summed E-state index contributed by atoms with van der Waals surface area (Å²) in [5.74, 6) is 0. The van der Waals surface area contributed by atoms with Crippen molar-refractivity contribution in [2.75, 3.05) is 4.90 Å². The maximum atomic E-state index is 12.4. The van der Waals surface area contributed by atoms with E-state index in [1.807, 2.05) is 48.5 Å². The van der Waals surface area contributed by atoms with E-state index in [2.05, 4.69) is 0 Å². The first-order valence-corrected chi connectivity index (χ1v) is 7.32. The molecule has 112 valence electrons. The molecule has 0 aromatic heterocycles. The maximum absolute atomic E-state index is 12.4. The average molecular weight is 316 g/mol. The van der Waals surface area contributed by atoms with Gasteiger partial charge >= 0.3 is 6.09 Å². The highest BCUT2D eigenvalue weighted by atomic mass is 35.5. The summed E-state index contributed by atoms with van der Waals surface area (Å²) in [5.41, 5.74) is 2.48. The summed E-state index contributed by atoms with van der Waals surface area (Å²) in [4.78, 5) is 25.3. The lowest BCUT2D eigenvalue weighted by molar-refractivity contribution is -0.112. The monoisotopic (exact) mass is 315 g/mol. The van der Waals surface area contributed by atoms with E-state index in [-0.39, 0.29) is 6.61 Å². The highest BCUT2D eigenvalue weighted by Crippen LogP contribution is 2.33. The number of halogens is 1. The van der Waals surface area contributed by atoms with Gasteiger partial charge < -0.3 is 4.74 Å². The lowest BCUT2D eigenvalue weighted by Gasteiger charge is -2.22. The summed E-state index contributed by atoms with van der Waals surface area (Å²) >= 11 is 5.64. The predicted molar refractivity (Wildman–Crippen MR) is 83.9 cm³/mol. The van der Waals surface area contributed by atoms with Crippen molar-refractivity contribution in [3.8, 4) is 0 Å². The van der Waals surface area contributed by atoms with Crippen molar-refractivity contribution in [1.29, 1.82) is 0 Å². The number of hydrogen-bond acceptors (Lipinski definition) is 3. The van der Waals surface area contributed by atoms with E-state index >= 15 is 0 Å². The Hall–Kier alpha value is -2.33. The van der Waals surface area contributed by atoms with Crippen LogP contribution in [-0.4, -0.2) is 17.4 Å². The number of hydrogen-bond donors (Lipinski definition) is 0. The van der Waals surface area contributed by atoms with Crippen LogP contribution in [0.3, 0.4) is 0 Å². The van der Waals surface area contributed by atoms with Gasteiger partial charge in [-0.3, -0.25) is 9.69 Å². The van der Waals surface area contributed by atoms with Gasteiger partial charge in [-0.05, 0) is 28.8 Å². The van der Waals surface area contributed by atoms with Crippen LogP contribution in [0.15, 0.2) is 54.6 Å². The van der Waals surface area contributed by atoms with Crippen molar-refractivity contribution in [1.82, 2.24) is 0 Å². The Morgan fingerprint density at radius 2 is 1.77 bits per heavy atom. The van der Waals surface area contributed by atoms with Gasteiger partial charge in [0.1, 0.15) is 12.6 Å². The van der Waals surface area contributed by atoms with Crippen LogP contribution in [-0.2, 0) is 22.6 Å². The van der Waals surface area contributed by atoms with Crippen LogP contribution < -0.4 is 4.90 Å². The summed E-state index contributed by atoms with van der Waals surface area (Å²) in [6, 6.07) is 16.0. The molecule has 0 saturated carbocycles. The standard InChI is InChI=1S/C17H14ClNO3/c18-16(20)15-10-13-8-4-5-9-14(13)19(15)17(21)22-11-12-6-2-1-3-7-12/h1-9,15H,10-11H2. The fraction of sp³-hybridized carbons (Fsp3) is 0.176. The van der Waals surface area contributed by atoms with E-state index in [0.717, 1.165) is 11.1 Å². The number of para-hydroxylation sites is 1. The molecule has 0 N–H and O–H groups in total. The summed E-state index contributed by atoms with van der Waals surface area (Å²) in [5, 5.41) is -0.562. The predicted octanol–water partition coefficient (Wildman–Crippen LogP) is 3.52. The van der Waals surface area contributed by atoms with Crippen LogP contribution in [0, 0.1) is 0 Å². The number of carbonyl (C=O) groups excluding carboxylic acids is 2. The summed E-state index contributed by atoms with van der Waals surface area (Å²) in [6.07, 6.45) is -0.147. The number of ether oxygens (including phenoxy) is 1. The second-order valence-corrected chi connectivity index (χ2v) is 5.44. The fourth-order valence-corrected chi connectivity index (χ4v) is 2.76. The van der Waals surface area contributed by atoms with Crippen molar-refractivity contribution < 1.29 is 14.3 Å². The van der Waals surface area contributed by atoms with E-state index < -0.39 is 17.4 Å². The molecule has 1 amide bonds. The van der Waals surface area contributed by atoms with Crippen molar-refractivity contribution in [3.05, 3.63) is 65.7 Å². The van der Waals surface area contributed by atoms with Crippen molar-refractivity contribution in [2.45, 2.75) is 19.1 Å². The Kier molecular flexibility index (Phi) is 4.11. The fourth-order valence-electron chi connectivity index (χ4n) is 2.58. The SMILES string of the molecule is O=C(Cl)C1Cc2ccccc2N1C(=O)OCc1ccccc1. The third-order valence-corrected chi connectivity index (χ3v) is 3.89. The molecular formula is C17H14ClNO3. The molecule has 0 bridgehead atoms. The van der Waals surface area contributed by atoms with Crippen molar-refractivity contribution >= 4 is 28.6 Å². The largest absolute Gasteiger partial charge is 0.444 e. The van der Waals surface area contributed by atoms with Crippen LogP contribution in [0.5, 0.6) is 0 Å². The first kappa shape index (κ1) is 14.6. The Morgan fingerprint density at radius 3 is 2.50 bits per heavy atom. The molecule has 1 aliphatic heterocycles. The molecule has 5 heteroatoms. The van der Waals surface area contributed by atoms with Gasteiger partial charge in [-0.1, -0.05) is 48.5 Å². The first-order chi connectivity index (χ1) is 10.7. The van der Waals surface area contributed by atoms with Crippen LogP contribution >= 0.6 is 11.6 Å². The second-order valence-electron chi connectivity index (χ2n) is 5.06. The molecule has 0 fully saturated rings. The van der Waals surface area contributed by atoms with Gasteiger partial charge in [0.2, 0.25) is 5.24 Å². The summed E-state index contributed by atoms with van der Waals surface area (Å²) < 4.78 is 5.33. The third kappa shape index (κ3) is 2.83. The van der Waals surface area contributed by atoms with E-state index in [9.17, 15) is 9.59 Å². The molecule has 0 aliphatic carbocycles. The molecule has 1 aliphatic rings. The smallest absolute Gasteiger partial charge is 0.415 e. The van der Waals surface area contributed by atoms with Gasteiger partial charge in [0, 0.05) is 6.42 Å². The van der Waals surface area contributed by atoms with E-state index in [1.165, 1.54) is 4.90 Å². The van der Waals surface area contributed by atoms with E-state index in [0.29, 0.717) is 12.1 Å². The van der Waals surface area contributed by atoms with Crippen LogP contribution in [0.1, 0.15) is 11.1 Å². The number of anilines is 1. The van der Waals surface area contributed by atoms with Gasteiger partial charge in [-0.15, -0.1) is 0 Å². The van der Waals surface area contributed by atoms with Gasteiger partial charge in [-0.2, -0.15) is 0 Å². The van der Waals surface area contributed by atoms with Gasteiger partial charge in [0.25, 0.3) is 0 Å². The minimum Gasteiger partial charge on any atom is -0.444 e. The Bertz CT molecular complexity index is 702. The molecule has 2 aromatic rings. The molecule has 2 aromatic carbocycles. The zero-order chi connectivity index (χ0) is 15.5. The molecule has 4 nitrogen and oxygen atoms in total. The zero-order valence-corrected chi connectivity index (χ0v) is 12.5. The molecular weight excluding hydrogens is 302 g/mol. The Morgan fingerprint density at radius 1 is 1.09 bits per heavy atom. The highest BCUT2D eigenvalue weighted by molar-refractivity contribution is 6.65. The lowest BCUT2D eigenvalue weighted by atomic mass is 10.1. The van der Waals surface area contributed by atoms with Crippen LogP contribution in [0.4, 0.5) is 10.5 Å². The van der Waals surface area contributed by atoms with Crippen LogP contribution in [0.25, 0.3) is 0 Å². The summed E-state index contributed by atoms with van der Waals surface area (Å²) in [7, 11) is 0. The van der Waals surface area contributed by atoms with Crippen molar-refractivity contribution in [3.63, 3.8) is 0 Å². The molecule has 0 saturated heterocycles. The number of nitrogens with zero attached hydrogens (tertiary/aromatic N) is 1. The normalized spacial score (nSPS) is 16.2. The topological polar surface area (TPSA) is 46.6 Å². The number of fused-ring (bicyclic) bond motifs is 1. The summed E-state index contributed by atoms with van der Waals surface area (Å²) in [6.45, 7) is 0.154. The molecule has 1 unspecified atom stereocenters. The number of benzene rings is 2. The molecule has 22 heavy (non-hydrogen) atoms. The first-order valence-electron chi connectivity index (χ1n) is 6.94. The Balaban J connectivity index is 1.78. The van der Waals surface area contributed by atoms with Crippen LogP contribution in [0.2, 0.25) is 0 Å². The third-order valence-electron chi connectivity index (χ3n) is 3.64. The zero-order valence-electron chi connectivity index (χ0n) is 11.7. The minimum absolute atomic E-state index is 0.154. The molecule has 1 heterocycles. The Labute approximate surface area is 133 Å². The second kappa shape index (κ2) is 6.20. The molecule has 1 atom stereocenters. The molecule has 0 spiro atoms. The lowest BCUT2D eigenvalue weighted by Crippen LogP contribution is -2.41. The number of rotatable bonds is 3. The average Bonchev–Trinajstić information content (AvgIpc) is 2.93. The van der Waals surface area contributed by atoms with E-state index in [4.69, 9.17) is 16.3 Å². The van der Waals surface area contributed by atoms with Gasteiger partial charge in [-0.25, -0.2) is 4.79 Å². The van der Waals surface area contributed by atoms with E-state index in [1.54, 1.807) is 6.07 Å². The van der Waals surface area contributed by atoms with Crippen molar-refractivity contribution in [2.24, 2.45) is 0 Å². The highest BCUT2D eigenvalue weighted by Gasteiger charge is 2.38. The quantitative estimate of drug-likeness (QED) is 0.814.